The minimum Gasteiger partial charge on any atom is -0.322 e. The van der Waals surface area contributed by atoms with Crippen LogP contribution in [0.2, 0.25) is 0 Å². The second kappa shape index (κ2) is 8.99. The average Bonchev–Trinajstić information content (AvgIpc) is 2.83. The van der Waals surface area contributed by atoms with Gasteiger partial charge in [-0.2, -0.15) is 18.4 Å². The second-order valence-electron chi connectivity index (χ2n) is 7.07. The zero-order valence-corrected chi connectivity index (χ0v) is 18.0. The van der Waals surface area contributed by atoms with Crippen LogP contribution in [-0.4, -0.2) is 25.0 Å². The summed E-state index contributed by atoms with van der Waals surface area (Å²) >= 11 is 0. The number of rotatable bonds is 6. The molecule has 0 unspecified atom stereocenters. The van der Waals surface area contributed by atoms with Gasteiger partial charge in [-0.15, -0.1) is 0 Å². The van der Waals surface area contributed by atoms with Crippen LogP contribution in [-0.2, 0) is 10.0 Å². The smallest absolute Gasteiger partial charge is 0.276 e. The van der Waals surface area contributed by atoms with Gasteiger partial charge in [0.1, 0.15) is 0 Å². The first-order valence-electron chi connectivity index (χ1n) is 9.79. The predicted molar refractivity (Wildman–Crippen MR) is 125 cm³/mol. The van der Waals surface area contributed by atoms with Crippen LogP contribution >= 0.6 is 0 Å². The lowest BCUT2D eigenvalue weighted by Gasteiger charge is -2.09. The number of fused-ring (bicyclic) bond motifs is 1. The molecule has 1 aromatic heterocycles. The molecule has 7 nitrogen and oxygen atoms in total. The Hall–Kier alpha value is -4.04. The summed E-state index contributed by atoms with van der Waals surface area (Å²) in [5.74, 6) is -0.267. The Morgan fingerprint density at radius 3 is 2.38 bits per heavy atom. The molecule has 2 N–H and O–H groups in total. The van der Waals surface area contributed by atoms with Crippen molar-refractivity contribution in [2.75, 3.05) is 5.32 Å². The third-order valence-electron chi connectivity index (χ3n) is 4.85. The number of hydrogen-bond donors (Lipinski definition) is 2. The van der Waals surface area contributed by atoms with Crippen LogP contribution in [0.4, 0.5) is 5.69 Å². The lowest BCUT2D eigenvalue weighted by atomic mass is 10.1. The van der Waals surface area contributed by atoms with E-state index in [9.17, 15) is 13.2 Å². The lowest BCUT2D eigenvalue weighted by Crippen LogP contribution is -2.20. The average molecular weight is 445 g/mol. The highest BCUT2D eigenvalue weighted by atomic mass is 32.2. The normalized spacial score (nSPS) is 11.8. The number of amides is 1. The van der Waals surface area contributed by atoms with Crippen LogP contribution in [0.5, 0.6) is 0 Å². The molecule has 0 aliphatic carbocycles. The van der Waals surface area contributed by atoms with Crippen molar-refractivity contribution in [3.63, 3.8) is 0 Å². The van der Waals surface area contributed by atoms with Gasteiger partial charge >= 0.3 is 0 Å². The zero-order valence-electron chi connectivity index (χ0n) is 17.2. The second-order valence-corrected chi connectivity index (χ2v) is 8.73. The van der Waals surface area contributed by atoms with E-state index in [1.807, 2.05) is 24.3 Å². The van der Waals surface area contributed by atoms with Gasteiger partial charge in [0.25, 0.3) is 15.9 Å². The highest BCUT2D eigenvalue weighted by Gasteiger charge is 2.14. The molecule has 4 aromatic rings. The maximum atomic E-state index is 12.7. The largest absolute Gasteiger partial charge is 0.322 e. The fourth-order valence-corrected chi connectivity index (χ4v) is 4.00. The van der Waals surface area contributed by atoms with E-state index in [1.165, 1.54) is 0 Å². The molecule has 8 heteroatoms. The fraction of sp³-hybridized carbons (Fsp3) is 0.0417. The molecule has 0 fully saturated rings. The number of nitrogens with one attached hydrogen (secondary N) is 2. The topological polar surface area (TPSA) is 101 Å². The van der Waals surface area contributed by atoms with E-state index in [-0.39, 0.29) is 10.8 Å². The van der Waals surface area contributed by atoms with Crippen LogP contribution in [0.1, 0.15) is 22.8 Å². The van der Waals surface area contributed by atoms with Gasteiger partial charge in [-0.05, 0) is 59.7 Å². The summed E-state index contributed by atoms with van der Waals surface area (Å²) in [4.78, 5) is 18.7. The van der Waals surface area contributed by atoms with Crippen LogP contribution in [0.3, 0.4) is 0 Å². The molecule has 0 radical (unpaired) electrons. The fourth-order valence-electron chi connectivity index (χ4n) is 3.11. The number of pyridine rings is 1. The van der Waals surface area contributed by atoms with Gasteiger partial charge in [0.2, 0.25) is 0 Å². The molecule has 3 aromatic carbocycles. The number of hydrogen-bond acceptors (Lipinski definition) is 5. The summed E-state index contributed by atoms with van der Waals surface area (Å²) in [6.07, 6.45) is 3.09. The Kier molecular flexibility index (Phi) is 5.96. The number of benzene rings is 3. The minimum absolute atomic E-state index is 0.131. The summed E-state index contributed by atoms with van der Waals surface area (Å²) in [6, 6.07) is 22.7. The number of sulfonamides is 1. The van der Waals surface area contributed by atoms with Gasteiger partial charge in [0.15, 0.2) is 0 Å². The van der Waals surface area contributed by atoms with Gasteiger partial charge in [-0.1, -0.05) is 42.5 Å². The molecule has 0 saturated carbocycles. The Balaban J connectivity index is 1.51. The van der Waals surface area contributed by atoms with Gasteiger partial charge in [0.05, 0.1) is 10.6 Å². The zero-order chi connectivity index (χ0) is 22.6. The number of anilines is 1. The highest BCUT2D eigenvalue weighted by molar-refractivity contribution is 7.89. The lowest BCUT2D eigenvalue weighted by molar-refractivity contribution is 0.102. The molecule has 0 spiro atoms. The first-order chi connectivity index (χ1) is 15.4. The van der Waals surface area contributed by atoms with Crippen LogP contribution in [0.15, 0.2) is 101 Å². The van der Waals surface area contributed by atoms with Crippen molar-refractivity contribution >= 4 is 38.1 Å². The van der Waals surface area contributed by atoms with Crippen molar-refractivity contribution in [1.82, 2.24) is 9.82 Å². The van der Waals surface area contributed by atoms with Crippen molar-refractivity contribution in [3.8, 4) is 0 Å². The summed E-state index contributed by atoms with van der Waals surface area (Å²) in [5.41, 5.74) is 2.17. The van der Waals surface area contributed by atoms with Crippen LogP contribution in [0.25, 0.3) is 10.8 Å². The number of carbonyl (C=O) groups is 1. The predicted octanol–water partition coefficient (Wildman–Crippen LogP) is 4.19. The van der Waals surface area contributed by atoms with Gasteiger partial charge in [-0.25, -0.2) is 0 Å². The number of nitrogens with zero attached hydrogens (tertiary/aromatic N) is 2. The van der Waals surface area contributed by atoms with Crippen molar-refractivity contribution < 1.29 is 13.2 Å². The molecule has 0 aliphatic heterocycles. The molecular formula is C24H20N4O3S. The Bertz CT molecular complexity index is 1420. The van der Waals surface area contributed by atoms with E-state index in [2.05, 4.69) is 20.2 Å². The van der Waals surface area contributed by atoms with Crippen LogP contribution < -0.4 is 10.1 Å². The maximum Gasteiger partial charge on any atom is 0.276 e. The SMILES string of the molecule is C/C(=N\NS(=O)(=O)c1ccc2ccccc2c1)c1cccc(NC(=O)c2ccncc2)c1. The Morgan fingerprint density at radius 2 is 1.59 bits per heavy atom. The molecule has 4 rings (SSSR count). The summed E-state index contributed by atoms with van der Waals surface area (Å²) in [7, 11) is -3.83. The van der Waals surface area contributed by atoms with Gasteiger partial charge in [-0.3, -0.25) is 9.78 Å². The molecule has 32 heavy (non-hydrogen) atoms. The third kappa shape index (κ3) is 4.81. The quantitative estimate of drug-likeness (QED) is 0.344. The van der Waals surface area contributed by atoms with E-state index >= 15 is 0 Å². The summed E-state index contributed by atoms with van der Waals surface area (Å²) < 4.78 is 25.4. The van der Waals surface area contributed by atoms with Crippen molar-refractivity contribution in [2.45, 2.75) is 11.8 Å². The van der Waals surface area contributed by atoms with E-state index in [0.717, 1.165) is 10.8 Å². The van der Waals surface area contributed by atoms with E-state index in [0.29, 0.717) is 22.5 Å². The van der Waals surface area contributed by atoms with Crippen molar-refractivity contribution in [3.05, 3.63) is 102 Å². The maximum absolute atomic E-state index is 12.7. The first kappa shape index (κ1) is 21.2. The molecule has 0 bridgehead atoms. The van der Waals surface area contributed by atoms with Gasteiger partial charge in [0, 0.05) is 23.6 Å². The van der Waals surface area contributed by atoms with E-state index < -0.39 is 10.0 Å². The first-order valence-corrected chi connectivity index (χ1v) is 11.3. The third-order valence-corrected chi connectivity index (χ3v) is 6.05. The molecule has 0 atom stereocenters. The number of carbonyl (C=O) groups excluding carboxylic acids is 1. The Labute approximate surface area is 185 Å². The molecule has 160 valence electrons. The van der Waals surface area contributed by atoms with Gasteiger partial charge < -0.3 is 5.32 Å². The summed E-state index contributed by atoms with van der Waals surface area (Å²) in [6.45, 7) is 1.69. The molecule has 1 heterocycles. The molecule has 0 aliphatic rings. The Morgan fingerprint density at radius 1 is 0.844 bits per heavy atom. The number of aromatic nitrogens is 1. The molecular weight excluding hydrogens is 424 g/mol. The van der Waals surface area contributed by atoms with Crippen molar-refractivity contribution in [2.24, 2.45) is 5.10 Å². The standard InChI is InChI=1S/C24H20N4O3S/c1-17(20-7-4-8-22(15-20)26-24(29)19-11-13-25-14-12-19)27-28-32(30,31)23-10-9-18-5-2-3-6-21(18)16-23/h2-16,28H,1H3,(H,26,29)/b27-17+. The monoisotopic (exact) mass is 444 g/mol. The number of hydrazone groups is 1. The van der Waals surface area contributed by atoms with E-state index in [1.54, 1.807) is 73.9 Å². The van der Waals surface area contributed by atoms with E-state index in [4.69, 9.17) is 0 Å². The highest BCUT2D eigenvalue weighted by Crippen LogP contribution is 2.19. The summed E-state index contributed by atoms with van der Waals surface area (Å²) in [5, 5.41) is 8.65. The van der Waals surface area contributed by atoms with Crippen LogP contribution in [0, 0.1) is 0 Å². The van der Waals surface area contributed by atoms with Crippen molar-refractivity contribution in [1.29, 1.82) is 0 Å². The molecule has 1 amide bonds. The molecule has 0 saturated heterocycles. The minimum atomic E-state index is -3.83.